The van der Waals surface area contributed by atoms with E-state index in [2.05, 4.69) is 15.3 Å². The van der Waals surface area contributed by atoms with Crippen LogP contribution < -0.4 is 5.32 Å². The molecule has 0 aromatic carbocycles. The van der Waals surface area contributed by atoms with Crippen LogP contribution >= 0.6 is 0 Å². The Morgan fingerprint density at radius 2 is 2.11 bits per heavy atom. The predicted molar refractivity (Wildman–Crippen MR) is 82.4 cm³/mol. The van der Waals surface area contributed by atoms with Gasteiger partial charge < -0.3 is 15.0 Å². The summed E-state index contributed by atoms with van der Waals surface area (Å²) in [6.07, 6.45) is -2.36. The Balaban J connectivity index is 1.57. The second kappa shape index (κ2) is 6.25. The summed E-state index contributed by atoms with van der Waals surface area (Å²) in [5.41, 5.74) is -2.25. The Labute approximate surface area is 151 Å². The summed E-state index contributed by atoms with van der Waals surface area (Å²) < 4.78 is 72.5. The van der Waals surface area contributed by atoms with Gasteiger partial charge in [0.05, 0.1) is 30.4 Å². The van der Waals surface area contributed by atoms with Crippen molar-refractivity contribution in [3.05, 3.63) is 17.5 Å². The van der Waals surface area contributed by atoms with Crippen molar-refractivity contribution in [2.45, 2.75) is 56.0 Å². The van der Waals surface area contributed by atoms with Gasteiger partial charge in [-0.15, -0.1) is 0 Å². The number of likely N-dealkylation sites (tertiary alicyclic amines) is 1. The van der Waals surface area contributed by atoms with Gasteiger partial charge in [0.2, 0.25) is 5.95 Å². The minimum Gasteiger partial charge on any atom is -0.373 e. The van der Waals surface area contributed by atoms with Crippen LogP contribution in [0.5, 0.6) is 0 Å². The maximum Gasteiger partial charge on any atom is 0.434 e. The van der Waals surface area contributed by atoms with E-state index in [1.807, 2.05) is 0 Å². The number of hydrogen-bond donors (Lipinski definition) is 1. The first-order valence-corrected chi connectivity index (χ1v) is 8.66. The van der Waals surface area contributed by atoms with Crippen molar-refractivity contribution >= 4 is 11.9 Å². The van der Waals surface area contributed by atoms with Crippen molar-refractivity contribution in [3.8, 4) is 0 Å². The molecule has 1 aromatic heterocycles. The third-order valence-corrected chi connectivity index (χ3v) is 5.17. The fourth-order valence-electron chi connectivity index (χ4n) is 3.86. The molecule has 11 heteroatoms. The monoisotopic (exact) mass is 392 g/mol. The molecule has 3 aliphatic heterocycles. The van der Waals surface area contributed by atoms with Crippen molar-refractivity contribution in [3.63, 3.8) is 0 Å². The van der Waals surface area contributed by atoms with E-state index in [9.17, 15) is 26.7 Å². The van der Waals surface area contributed by atoms with Crippen LogP contribution in [-0.4, -0.2) is 58.0 Å². The Hall–Kier alpha value is -2.04. The number of alkyl halides is 5. The topological polar surface area (TPSA) is 67.3 Å². The number of hydrogen-bond acceptors (Lipinski definition) is 5. The maximum atomic E-state index is 13.4. The highest BCUT2D eigenvalue weighted by Gasteiger charge is 2.45. The first kappa shape index (κ1) is 18.3. The standard InChI is InChI=1S/C16H17F5N4O2/c17-15(18)3-4-25(7-15)13(26)9-6-22-14(24-12(9)16(19,20)21)23-10-5-8-1-2-11(10)27-8/h6,8,10-11H,1-5,7H2,(H,22,23,24)/t8-,10+,11+/m0/s1. The van der Waals surface area contributed by atoms with Crippen LogP contribution in [-0.2, 0) is 10.9 Å². The highest BCUT2D eigenvalue weighted by Crippen LogP contribution is 2.37. The summed E-state index contributed by atoms with van der Waals surface area (Å²) >= 11 is 0. The van der Waals surface area contributed by atoms with Crippen LogP contribution in [0.25, 0.3) is 0 Å². The summed E-state index contributed by atoms with van der Waals surface area (Å²) in [5.74, 6) is -4.50. The first-order valence-electron chi connectivity index (χ1n) is 8.66. The van der Waals surface area contributed by atoms with Gasteiger partial charge in [-0.1, -0.05) is 0 Å². The highest BCUT2D eigenvalue weighted by atomic mass is 19.4. The molecule has 148 valence electrons. The second-order valence-corrected chi connectivity index (χ2v) is 7.15. The molecule has 0 unspecified atom stereocenters. The molecule has 4 rings (SSSR count). The molecule has 2 bridgehead atoms. The molecular formula is C16H17F5N4O2. The molecule has 1 amide bonds. The Morgan fingerprint density at radius 3 is 2.67 bits per heavy atom. The maximum absolute atomic E-state index is 13.4. The van der Waals surface area contributed by atoms with Gasteiger partial charge in [0.15, 0.2) is 5.69 Å². The van der Waals surface area contributed by atoms with Crippen LogP contribution in [0, 0.1) is 0 Å². The van der Waals surface area contributed by atoms with Crippen molar-refractivity contribution in [1.29, 1.82) is 0 Å². The lowest BCUT2D eigenvalue weighted by Gasteiger charge is -2.22. The third-order valence-electron chi connectivity index (χ3n) is 5.17. The molecule has 3 fully saturated rings. The second-order valence-electron chi connectivity index (χ2n) is 7.15. The summed E-state index contributed by atoms with van der Waals surface area (Å²) in [4.78, 5) is 20.3. The van der Waals surface area contributed by atoms with Gasteiger partial charge in [0.25, 0.3) is 11.8 Å². The minimum atomic E-state index is -4.92. The van der Waals surface area contributed by atoms with Crippen molar-refractivity contribution < 1.29 is 31.5 Å². The Bertz CT molecular complexity index is 757. The average Bonchev–Trinajstić information content (AvgIpc) is 3.28. The van der Waals surface area contributed by atoms with E-state index in [1.54, 1.807) is 0 Å². The van der Waals surface area contributed by atoms with Gasteiger partial charge in [-0.3, -0.25) is 4.79 Å². The number of anilines is 1. The van der Waals surface area contributed by atoms with E-state index in [0.717, 1.165) is 19.0 Å². The average molecular weight is 392 g/mol. The first-order chi connectivity index (χ1) is 12.6. The number of carbonyl (C=O) groups is 1. The number of fused-ring (bicyclic) bond motifs is 2. The van der Waals surface area contributed by atoms with Gasteiger partial charge in [0.1, 0.15) is 0 Å². The molecule has 0 radical (unpaired) electrons. The molecular weight excluding hydrogens is 375 g/mol. The number of halogens is 5. The fourth-order valence-corrected chi connectivity index (χ4v) is 3.86. The molecule has 0 saturated carbocycles. The highest BCUT2D eigenvalue weighted by molar-refractivity contribution is 5.95. The molecule has 0 aliphatic carbocycles. The number of nitrogens with zero attached hydrogens (tertiary/aromatic N) is 3. The molecule has 1 N–H and O–H groups in total. The number of amides is 1. The van der Waals surface area contributed by atoms with E-state index >= 15 is 0 Å². The van der Waals surface area contributed by atoms with Gasteiger partial charge in [-0.25, -0.2) is 18.7 Å². The van der Waals surface area contributed by atoms with Crippen LogP contribution in [0.2, 0.25) is 0 Å². The SMILES string of the molecule is O=C(c1cnc(N[C@@H]2C[C@@H]3CC[C@H]2O3)nc1C(F)(F)F)N1CCC(F)(F)C1. The van der Waals surface area contributed by atoms with Gasteiger partial charge in [-0.05, 0) is 19.3 Å². The molecule has 0 spiro atoms. The lowest BCUT2D eigenvalue weighted by Crippen LogP contribution is -2.34. The largest absolute Gasteiger partial charge is 0.434 e. The Morgan fingerprint density at radius 1 is 1.33 bits per heavy atom. The number of rotatable bonds is 3. The summed E-state index contributed by atoms with van der Waals surface area (Å²) in [6, 6.07) is -0.191. The summed E-state index contributed by atoms with van der Waals surface area (Å²) in [6.45, 7) is -1.22. The molecule has 3 aliphatic rings. The van der Waals surface area contributed by atoms with E-state index in [-0.39, 0.29) is 30.7 Å². The van der Waals surface area contributed by atoms with Crippen LogP contribution in [0.1, 0.15) is 41.7 Å². The smallest absolute Gasteiger partial charge is 0.373 e. The number of carbonyl (C=O) groups excluding carboxylic acids is 1. The van der Waals surface area contributed by atoms with Crippen molar-refractivity contribution in [2.24, 2.45) is 0 Å². The van der Waals surface area contributed by atoms with Crippen LogP contribution in [0.3, 0.4) is 0 Å². The van der Waals surface area contributed by atoms with Crippen LogP contribution in [0.15, 0.2) is 6.20 Å². The predicted octanol–water partition coefficient (Wildman–Crippen LogP) is 2.71. The van der Waals surface area contributed by atoms with E-state index in [1.165, 1.54) is 0 Å². The van der Waals surface area contributed by atoms with Gasteiger partial charge in [0, 0.05) is 19.2 Å². The lowest BCUT2D eigenvalue weighted by atomic mass is 9.96. The van der Waals surface area contributed by atoms with Crippen LogP contribution in [0.4, 0.5) is 27.9 Å². The quantitative estimate of drug-likeness (QED) is 0.802. The third kappa shape index (κ3) is 3.56. The number of nitrogens with one attached hydrogen (secondary N) is 1. The zero-order valence-electron chi connectivity index (χ0n) is 14.1. The minimum absolute atomic E-state index is 0.0901. The van der Waals surface area contributed by atoms with Gasteiger partial charge in [-0.2, -0.15) is 13.2 Å². The molecule has 27 heavy (non-hydrogen) atoms. The van der Waals surface area contributed by atoms with Crippen molar-refractivity contribution in [2.75, 3.05) is 18.4 Å². The zero-order valence-corrected chi connectivity index (χ0v) is 14.1. The fraction of sp³-hybridized carbons (Fsp3) is 0.688. The normalized spacial score (nSPS) is 29.4. The number of aromatic nitrogens is 2. The summed E-state index contributed by atoms with van der Waals surface area (Å²) in [5, 5.41) is 2.84. The van der Waals surface area contributed by atoms with Gasteiger partial charge >= 0.3 is 6.18 Å². The molecule has 3 atom stereocenters. The van der Waals surface area contributed by atoms with E-state index in [4.69, 9.17) is 4.74 Å². The Kier molecular flexibility index (Phi) is 4.24. The number of ether oxygens (including phenoxy) is 1. The lowest BCUT2D eigenvalue weighted by molar-refractivity contribution is -0.141. The van der Waals surface area contributed by atoms with E-state index in [0.29, 0.717) is 11.3 Å². The van der Waals surface area contributed by atoms with Crippen molar-refractivity contribution in [1.82, 2.24) is 14.9 Å². The molecule has 1 aromatic rings. The van der Waals surface area contributed by atoms with E-state index < -0.39 is 42.2 Å². The molecule has 6 nitrogen and oxygen atoms in total. The zero-order chi connectivity index (χ0) is 19.4. The summed E-state index contributed by atoms with van der Waals surface area (Å²) in [7, 11) is 0. The molecule has 4 heterocycles. The molecule has 3 saturated heterocycles.